The van der Waals surface area contributed by atoms with Gasteiger partial charge in [0.05, 0.1) is 18.6 Å². The second-order valence-electron chi connectivity index (χ2n) is 8.12. The van der Waals surface area contributed by atoms with E-state index in [4.69, 9.17) is 9.47 Å². The lowest BCUT2D eigenvalue weighted by Gasteiger charge is -2.12. The van der Waals surface area contributed by atoms with Gasteiger partial charge in [-0.1, -0.05) is 54.6 Å². The van der Waals surface area contributed by atoms with Crippen molar-refractivity contribution < 1.29 is 28.7 Å². The van der Waals surface area contributed by atoms with Gasteiger partial charge in [-0.2, -0.15) is 0 Å². The Morgan fingerprint density at radius 1 is 0.973 bits per heavy atom. The molecule has 1 aliphatic heterocycles. The van der Waals surface area contributed by atoms with Crippen LogP contribution in [0, 0.1) is 6.92 Å². The van der Waals surface area contributed by atoms with Gasteiger partial charge in [0.1, 0.15) is 0 Å². The van der Waals surface area contributed by atoms with Crippen molar-refractivity contribution in [2.75, 3.05) is 25.6 Å². The zero-order valence-electron chi connectivity index (χ0n) is 20.2. The van der Waals surface area contributed by atoms with E-state index in [0.717, 1.165) is 22.2 Å². The standard InChI is InChI=1S/C28H24N2O6S/c1-18-8-6-7-11-21(18)29-26(32)17-36-23-13-12-19(14-24(23)35-2)15-25-27(33)30(28(34)37-25)16-22(31)20-9-4-3-5-10-20/h3-15H,16-17H2,1-2H3,(H,29,32)/b25-15-. The van der Waals surface area contributed by atoms with E-state index in [1.807, 2.05) is 31.2 Å². The number of amides is 3. The fraction of sp³-hybridized carbons (Fsp3) is 0.143. The number of ketones is 1. The molecule has 9 heteroatoms. The third-order valence-corrected chi connectivity index (χ3v) is 6.44. The van der Waals surface area contributed by atoms with Gasteiger partial charge in [0.2, 0.25) is 0 Å². The highest BCUT2D eigenvalue weighted by Crippen LogP contribution is 2.34. The van der Waals surface area contributed by atoms with Gasteiger partial charge in [-0.15, -0.1) is 0 Å². The van der Waals surface area contributed by atoms with Crippen LogP contribution in [-0.4, -0.2) is 48.0 Å². The van der Waals surface area contributed by atoms with E-state index in [2.05, 4.69) is 5.32 Å². The predicted molar refractivity (Wildman–Crippen MR) is 142 cm³/mol. The summed E-state index contributed by atoms with van der Waals surface area (Å²) in [6.45, 7) is 1.35. The van der Waals surface area contributed by atoms with Crippen LogP contribution in [0.5, 0.6) is 11.5 Å². The maximum atomic E-state index is 12.8. The number of para-hydroxylation sites is 1. The largest absolute Gasteiger partial charge is 0.493 e. The Kier molecular flexibility index (Phi) is 8.05. The van der Waals surface area contributed by atoms with Gasteiger partial charge in [-0.05, 0) is 54.1 Å². The fourth-order valence-electron chi connectivity index (χ4n) is 3.58. The molecule has 0 spiro atoms. The Morgan fingerprint density at radius 2 is 1.70 bits per heavy atom. The van der Waals surface area contributed by atoms with E-state index >= 15 is 0 Å². The average molecular weight is 517 g/mol. The monoisotopic (exact) mass is 516 g/mol. The number of rotatable bonds is 9. The van der Waals surface area contributed by atoms with Crippen LogP contribution in [0.25, 0.3) is 6.08 Å². The summed E-state index contributed by atoms with van der Waals surface area (Å²) < 4.78 is 11.0. The van der Waals surface area contributed by atoms with Crippen molar-refractivity contribution in [2.24, 2.45) is 0 Å². The molecule has 1 N–H and O–H groups in total. The van der Waals surface area contributed by atoms with Crippen molar-refractivity contribution in [3.63, 3.8) is 0 Å². The number of nitrogens with one attached hydrogen (secondary N) is 1. The maximum absolute atomic E-state index is 12.8. The smallest absolute Gasteiger partial charge is 0.293 e. The summed E-state index contributed by atoms with van der Waals surface area (Å²) in [5, 5.41) is 2.29. The molecule has 0 radical (unpaired) electrons. The van der Waals surface area contributed by atoms with E-state index in [0.29, 0.717) is 28.3 Å². The summed E-state index contributed by atoms with van der Waals surface area (Å²) in [4.78, 5) is 51.2. The second kappa shape index (κ2) is 11.6. The minimum atomic E-state index is -0.536. The number of carbonyl (C=O) groups excluding carboxylic acids is 4. The van der Waals surface area contributed by atoms with Crippen molar-refractivity contribution in [2.45, 2.75) is 6.92 Å². The molecule has 0 atom stereocenters. The molecule has 0 aromatic heterocycles. The topological polar surface area (TPSA) is 102 Å². The molecule has 1 aliphatic rings. The lowest BCUT2D eigenvalue weighted by atomic mass is 10.1. The number of thioether (sulfide) groups is 1. The quantitative estimate of drug-likeness (QED) is 0.317. The number of ether oxygens (including phenoxy) is 2. The highest BCUT2D eigenvalue weighted by atomic mass is 32.2. The van der Waals surface area contributed by atoms with Crippen molar-refractivity contribution in [1.29, 1.82) is 0 Å². The molecular weight excluding hydrogens is 492 g/mol. The molecule has 0 saturated carbocycles. The number of aryl methyl sites for hydroxylation is 1. The SMILES string of the molecule is COc1cc(/C=C2\SC(=O)N(CC(=O)c3ccccc3)C2=O)ccc1OCC(=O)Nc1ccccc1C. The zero-order valence-corrected chi connectivity index (χ0v) is 21.0. The first-order valence-corrected chi connectivity index (χ1v) is 12.2. The first-order valence-electron chi connectivity index (χ1n) is 11.4. The summed E-state index contributed by atoms with van der Waals surface area (Å²) in [5.74, 6) is -0.471. The van der Waals surface area contributed by atoms with E-state index in [1.54, 1.807) is 54.6 Å². The number of hydrogen-bond donors (Lipinski definition) is 1. The molecule has 37 heavy (non-hydrogen) atoms. The molecule has 4 rings (SSSR count). The van der Waals surface area contributed by atoms with Crippen LogP contribution in [0.2, 0.25) is 0 Å². The molecule has 3 amide bonds. The molecule has 3 aromatic rings. The highest BCUT2D eigenvalue weighted by Gasteiger charge is 2.36. The molecule has 3 aromatic carbocycles. The average Bonchev–Trinajstić information content (AvgIpc) is 3.16. The normalized spacial score (nSPS) is 14.1. The van der Waals surface area contributed by atoms with Crippen LogP contribution in [0.15, 0.2) is 77.7 Å². The number of methoxy groups -OCH3 is 1. The van der Waals surface area contributed by atoms with Gasteiger partial charge in [-0.3, -0.25) is 24.1 Å². The van der Waals surface area contributed by atoms with Crippen molar-refractivity contribution in [3.05, 3.63) is 94.4 Å². The third-order valence-electron chi connectivity index (χ3n) is 5.53. The van der Waals surface area contributed by atoms with Crippen molar-refractivity contribution in [1.82, 2.24) is 4.90 Å². The predicted octanol–water partition coefficient (Wildman–Crippen LogP) is 4.94. The number of carbonyl (C=O) groups is 4. The van der Waals surface area contributed by atoms with Gasteiger partial charge in [0, 0.05) is 11.3 Å². The first kappa shape index (κ1) is 25.7. The summed E-state index contributed by atoms with van der Waals surface area (Å²) in [6, 6.07) is 20.9. The summed E-state index contributed by atoms with van der Waals surface area (Å²) in [7, 11) is 1.46. The van der Waals surface area contributed by atoms with Gasteiger partial charge in [0.25, 0.3) is 17.1 Å². The number of anilines is 1. The van der Waals surface area contributed by atoms with Gasteiger partial charge >= 0.3 is 0 Å². The lowest BCUT2D eigenvalue weighted by Crippen LogP contribution is -2.33. The second-order valence-corrected chi connectivity index (χ2v) is 9.11. The Morgan fingerprint density at radius 3 is 2.43 bits per heavy atom. The van der Waals surface area contributed by atoms with E-state index in [9.17, 15) is 19.2 Å². The van der Waals surface area contributed by atoms with Crippen molar-refractivity contribution in [3.8, 4) is 11.5 Å². The molecule has 0 bridgehead atoms. The molecule has 1 heterocycles. The van der Waals surface area contributed by atoms with Gasteiger partial charge in [0.15, 0.2) is 23.9 Å². The van der Waals surface area contributed by atoms with Crippen LogP contribution in [0.1, 0.15) is 21.5 Å². The molecule has 8 nitrogen and oxygen atoms in total. The Bertz CT molecular complexity index is 1390. The van der Waals surface area contributed by atoms with Gasteiger partial charge < -0.3 is 14.8 Å². The molecule has 1 saturated heterocycles. The molecular formula is C28H24N2O6S. The Labute approximate surface area is 218 Å². The minimum Gasteiger partial charge on any atom is -0.493 e. The van der Waals surface area contributed by atoms with Crippen LogP contribution in [0.3, 0.4) is 0 Å². The molecule has 0 aliphatic carbocycles. The van der Waals surface area contributed by atoms with E-state index in [1.165, 1.54) is 7.11 Å². The van der Waals surface area contributed by atoms with E-state index in [-0.39, 0.29) is 29.7 Å². The minimum absolute atomic E-state index is 0.194. The number of hydrogen-bond acceptors (Lipinski definition) is 7. The summed E-state index contributed by atoms with van der Waals surface area (Å²) >= 11 is 0.769. The summed E-state index contributed by atoms with van der Waals surface area (Å²) in [5.41, 5.74) is 2.66. The van der Waals surface area contributed by atoms with Crippen LogP contribution >= 0.6 is 11.8 Å². The van der Waals surface area contributed by atoms with E-state index < -0.39 is 11.1 Å². The third kappa shape index (κ3) is 6.25. The lowest BCUT2D eigenvalue weighted by molar-refractivity contribution is -0.122. The Hall–Kier alpha value is -4.37. The number of nitrogens with zero attached hydrogens (tertiary/aromatic N) is 1. The van der Waals surface area contributed by atoms with Crippen LogP contribution < -0.4 is 14.8 Å². The van der Waals surface area contributed by atoms with Crippen LogP contribution in [0.4, 0.5) is 10.5 Å². The fourth-order valence-corrected chi connectivity index (χ4v) is 4.42. The maximum Gasteiger partial charge on any atom is 0.293 e. The number of Topliss-reactive ketones (excluding diaryl/α,β-unsaturated/α-hetero) is 1. The van der Waals surface area contributed by atoms with Gasteiger partial charge in [-0.25, -0.2) is 0 Å². The zero-order chi connectivity index (χ0) is 26.4. The van der Waals surface area contributed by atoms with Crippen molar-refractivity contribution >= 4 is 46.4 Å². The summed E-state index contributed by atoms with van der Waals surface area (Å²) in [6.07, 6.45) is 1.55. The number of benzene rings is 3. The molecule has 1 fully saturated rings. The Balaban J connectivity index is 1.41. The highest BCUT2D eigenvalue weighted by molar-refractivity contribution is 8.18. The molecule has 188 valence electrons. The number of imide groups is 1. The van der Waals surface area contributed by atoms with Crippen LogP contribution in [-0.2, 0) is 9.59 Å². The molecule has 0 unspecified atom stereocenters. The first-order chi connectivity index (χ1) is 17.9.